The highest BCUT2D eigenvalue weighted by atomic mass is 32.2. The molecular formula is C28H39N5O5S. The van der Waals surface area contributed by atoms with Crippen molar-refractivity contribution in [1.29, 1.82) is 0 Å². The summed E-state index contributed by atoms with van der Waals surface area (Å²) in [4.78, 5) is 32.4. The number of hydrogen-bond acceptors (Lipinski definition) is 6. The predicted molar refractivity (Wildman–Crippen MR) is 150 cm³/mol. The van der Waals surface area contributed by atoms with Crippen LogP contribution in [-0.2, 0) is 21.2 Å². The molecule has 1 aliphatic carbocycles. The van der Waals surface area contributed by atoms with E-state index in [4.69, 9.17) is 4.99 Å². The van der Waals surface area contributed by atoms with Gasteiger partial charge >= 0.3 is 5.69 Å². The quantitative estimate of drug-likeness (QED) is 0.458. The molecule has 3 aliphatic rings. The number of carbonyl (C=O) groups is 1. The van der Waals surface area contributed by atoms with Crippen molar-refractivity contribution in [3.8, 4) is 11.6 Å². The lowest BCUT2D eigenvalue weighted by Crippen LogP contribution is -2.51. The number of amides is 1. The Kier molecular flexibility index (Phi) is 7.74. The number of nitrogens with one attached hydrogen (secondary N) is 2. The van der Waals surface area contributed by atoms with Crippen LogP contribution >= 0.6 is 0 Å². The van der Waals surface area contributed by atoms with Crippen LogP contribution in [0.1, 0.15) is 69.4 Å². The maximum absolute atomic E-state index is 13.2. The number of amidine groups is 1. The van der Waals surface area contributed by atoms with Crippen LogP contribution in [0.2, 0.25) is 0 Å². The van der Waals surface area contributed by atoms with E-state index in [9.17, 15) is 23.1 Å². The minimum Gasteiger partial charge on any atom is -0.493 e. The summed E-state index contributed by atoms with van der Waals surface area (Å²) in [5, 5.41) is 13.0. The molecule has 0 bridgehead atoms. The smallest absolute Gasteiger partial charge is 0.333 e. The predicted octanol–water partition coefficient (Wildman–Crippen LogP) is 3.02. The number of sulfonamides is 1. The lowest BCUT2D eigenvalue weighted by molar-refractivity contribution is -0.125. The van der Waals surface area contributed by atoms with Gasteiger partial charge in [0.2, 0.25) is 15.9 Å². The number of carbonyl (C=O) groups excluding carboxylic acids is 1. The number of aryl methyl sites for hydroxylation is 2. The molecule has 2 aromatic rings. The summed E-state index contributed by atoms with van der Waals surface area (Å²) in [5.74, 6) is 1.51. The number of H-pyrrole nitrogens is 1. The third-order valence-corrected chi connectivity index (χ3v) is 10.7. The van der Waals surface area contributed by atoms with Gasteiger partial charge in [0.25, 0.3) is 5.91 Å². The Labute approximate surface area is 229 Å². The lowest BCUT2D eigenvalue weighted by Gasteiger charge is -2.34. The van der Waals surface area contributed by atoms with Crippen molar-refractivity contribution in [2.24, 2.45) is 16.8 Å². The van der Waals surface area contributed by atoms with Gasteiger partial charge in [0.1, 0.15) is 11.4 Å². The molecule has 0 unspecified atom stereocenters. The van der Waals surface area contributed by atoms with Crippen LogP contribution in [0.25, 0.3) is 5.69 Å². The van der Waals surface area contributed by atoms with Gasteiger partial charge in [-0.2, -0.15) is 0 Å². The minimum atomic E-state index is -3.52. The molecule has 3 heterocycles. The number of aromatic amines is 1. The van der Waals surface area contributed by atoms with Crippen LogP contribution in [0.4, 0.5) is 0 Å². The first-order chi connectivity index (χ1) is 18.6. The molecule has 1 aromatic carbocycles. The highest BCUT2D eigenvalue weighted by Crippen LogP contribution is 2.37. The summed E-state index contributed by atoms with van der Waals surface area (Å²) < 4.78 is 29.1. The second-order valence-corrected chi connectivity index (χ2v) is 13.5. The molecule has 1 amide bonds. The van der Waals surface area contributed by atoms with Crippen LogP contribution < -0.4 is 11.0 Å². The number of aromatic hydroxyl groups is 1. The van der Waals surface area contributed by atoms with Crippen LogP contribution in [0, 0.1) is 18.8 Å². The van der Waals surface area contributed by atoms with Gasteiger partial charge in [0.05, 0.1) is 17.6 Å². The number of hydrogen-bond donors (Lipinski definition) is 3. The first-order valence-corrected chi connectivity index (χ1v) is 15.7. The molecule has 0 radical (unpaired) electrons. The van der Waals surface area contributed by atoms with Gasteiger partial charge in [-0.15, -0.1) is 0 Å². The van der Waals surface area contributed by atoms with E-state index in [1.807, 2.05) is 6.92 Å². The highest BCUT2D eigenvalue weighted by Gasteiger charge is 2.48. The molecule has 2 atom stereocenters. The van der Waals surface area contributed by atoms with Gasteiger partial charge in [-0.1, -0.05) is 38.7 Å². The second-order valence-electron chi connectivity index (χ2n) is 11.4. The van der Waals surface area contributed by atoms with Gasteiger partial charge in [0.15, 0.2) is 0 Å². The van der Waals surface area contributed by atoms with E-state index in [0.717, 1.165) is 34.4 Å². The number of imidazole rings is 1. The number of piperidine rings is 1. The first-order valence-electron chi connectivity index (χ1n) is 14.1. The molecule has 1 saturated heterocycles. The first kappa shape index (κ1) is 27.6. The molecule has 5 rings (SSSR count). The molecule has 1 spiro atoms. The zero-order valence-electron chi connectivity index (χ0n) is 22.8. The van der Waals surface area contributed by atoms with E-state index in [1.165, 1.54) is 36.2 Å². The van der Waals surface area contributed by atoms with Crippen molar-refractivity contribution in [2.45, 2.75) is 77.2 Å². The molecule has 2 fully saturated rings. The van der Waals surface area contributed by atoms with Crippen molar-refractivity contribution in [1.82, 2.24) is 19.2 Å². The molecule has 2 aliphatic heterocycles. The zero-order valence-corrected chi connectivity index (χ0v) is 23.6. The van der Waals surface area contributed by atoms with Crippen LogP contribution in [0.5, 0.6) is 5.88 Å². The van der Waals surface area contributed by atoms with Crippen molar-refractivity contribution in [3.05, 3.63) is 46.0 Å². The second kappa shape index (κ2) is 10.9. The number of benzene rings is 1. The number of rotatable bonds is 8. The fraction of sp³-hybridized carbons (Fsp3) is 0.607. The molecule has 3 N–H and O–H groups in total. The molecule has 212 valence electrons. The Morgan fingerprint density at radius 3 is 2.62 bits per heavy atom. The summed E-state index contributed by atoms with van der Waals surface area (Å²) >= 11 is 0. The fourth-order valence-electron chi connectivity index (χ4n) is 6.49. The zero-order chi connectivity index (χ0) is 27.8. The van der Waals surface area contributed by atoms with E-state index in [1.54, 1.807) is 18.2 Å². The van der Waals surface area contributed by atoms with E-state index in [-0.39, 0.29) is 30.6 Å². The third-order valence-electron chi connectivity index (χ3n) is 8.78. The van der Waals surface area contributed by atoms with Crippen LogP contribution in [-0.4, -0.2) is 63.5 Å². The molecule has 39 heavy (non-hydrogen) atoms. The van der Waals surface area contributed by atoms with Crippen molar-refractivity contribution in [2.75, 3.05) is 18.8 Å². The van der Waals surface area contributed by atoms with Crippen molar-refractivity contribution < 1.29 is 18.3 Å². The maximum Gasteiger partial charge on any atom is 0.333 e. The summed E-state index contributed by atoms with van der Waals surface area (Å²) in [7, 11) is -3.52. The Bertz CT molecular complexity index is 1420. The number of nitrogens with zero attached hydrogens (tertiary/aromatic N) is 3. The molecular weight excluding hydrogens is 518 g/mol. The summed E-state index contributed by atoms with van der Waals surface area (Å²) in [6.07, 6.45) is 9.29. The number of aliphatic imine (C=N–C) groups is 1. The molecule has 1 saturated carbocycles. The fourth-order valence-corrected chi connectivity index (χ4v) is 7.97. The van der Waals surface area contributed by atoms with Gasteiger partial charge in [0, 0.05) is 19.0 Å². The van der Waals surface area contributed by atoms with Crippen molar-refractivity contribution >= 4 is 21.8 Å². The van der Waals surface area contributed by atoms with Crippen LogP contribution in [0.3, 0.4) is 0 Å². The van der Waals surface area contributed by atoms with Gasteiger partial charge in [-0.25, -0.2) is 22.1 Å². The summed E-state index contributed by atoms with van der Waals surface area (Å²) in [5.41, 5.74) is 0.913. The average molecular weight is 558 g/mol. The van der Waals surface area contributed by atoms with E-state index in [2.05, 4.69) is 17.2 Å². The third kappa shape index (κ3) is 5.56. The maximum atomic E-state index is 13.2. The molecule has 10 nitrogen and oxygen atoms in total. The Morgan fingerprint density at radius 2 is 1.95 bits per heavy atom. The normalized spacial score (nSPS) is 23.6. The van der Waals surface area contributed by atoms with Crippen molar-refractivity contribution in [3.63, 3.8) is 0 Å². The van der Waals surface area contributed by atoms with Gasteiger partial charge in [-0.3, -0.25) is 9.79 Å². The van der Waals surface area contributed by atoms with E-state index in [0.29, 0.717) is 36.8 Å². The van der Waals surface area contributed by atoms with Crippen LogP contribution in [0.15, 0.2) is 34.2 Å². The largest absolute Gasteiger partial charge is 0.493 e. The summed E-state index contributed by atoms with van der Waals surface area (Å²) in [6, 6.07) is 5.24. The summed E-state index contributed by atoms with van der Waals surface area (Å²) in [6.45, 7) is 4.63. The van der Waals surface area contributed by atoms with Gasteiger partial charge < -0.3 is 15.4 Å². The Hall–Kier alpha value is -2.92. The molecule has 11 heteroatoms. The number of aromatic nitrogens is 2. The Morgan fingerprint density at radius 1 is 1.18 bits per heavy atom. The highest BCUT2D eigenvalue weighted by molar-refractivity contribution is 7.89. The molecule has 1 aromatic heterocycles. The Balaban J connectivity index is 1.20. The average Bonchev–Trinajstić information content (AvgIpc) is 3.41. The minimum absolute atomic E-state index is 0.0445. The SMILES string of the molecule is CCC[C@@H]1CCC[C@H](C2=NC3(CCN(S(=O)(=O)CCc4ccc(-n5c(O)c[nH]c5=O)cc4C)CC3)C(=O)N2)C1. The van der Waals surface area contributed by atoms with E-state index >= 15 is 0 Å². The van der Waals surface area contributed by atoms with E-state index < -0.39 is 21.3 Å². The standard InChI is InChI=1S/C28H39N5O5S/c1-3-5-20-6-4-7-22(17-20)25-30-26(35)28(31-25)11-13-32(14-12-28)39(37,38)15-10-21-8-9-23(16-19(21)2)33-24(34)18-29-27(33)36/h8-9,16,18,20,22,34H,3-7,10-15,17H2,1-2H3,(H,29,36)(H,30,31,35)/t20-,22+/m1/s1. The van der Waals surface area contributed by atoms with Gasteiger partial charge in [-0.05, 0) is 68.2 Å². The lowest BCUT2D eigenvalue weighted by atomic mass is 9.79. The topological polar surface area (TPSA) is 137 Å². The monoisotopic (exact) mass is 557 g/mol.